The van der Waals surface area contributed by atoms with Gasteiger partial charge >= 0.3 is 0 Å². The highest BCUT2D eigenvalue weighted by atomic mass is 14.8. The lowest BCUT2D eigenvalue weighted by Crippen LogP contribution is -2.16. The first-order chi connectivity index (χ1) is 22.2. The summed E-state index contributed by atoms with van der Waals surface area (Å²) in [6.45, 7) is 11.3. The van der Waals surface area contributed by atoms with Crippen molar-refractivity contribution >= 4 is 0 Å². The molecule has 1 aromatic rings. The highest BCUT2D eigenvalue weighted by Gasteiger charge is 1.97. The van der Waals surface area contributed by atoms with Crippen LogP contribution < -0.4 is 5.32 Å². The number of benzene rings is 1. The predicted molar refractivity (Wildman–Crippen MR) is 208 cm³/mol. The minimum Gasteiger partial charge on any atom is -0.317 e. The normalized spacial score (nSPS) is 11.1. The van der Waals surface area contributed by atoms with Crippen molar-refractivity contribution in [1.82, 2.24) is 5.32 Å². The number of hydrogen-bond acceptors (Lipinski definition) is 1. The third-order valence-corrected chi connectivity index (χ3v) is 9.59. The van der Waals surface area contributed by atoms with E-state index in [2.05, 4.69) is 57.3 Å². The minimum absolute atomic E-state index is 1.25. The van der Waals surface area contributed by atoms with Crippen molar-refractivity contribution in [3.8, 4) is 0 Å². The number of rotatable bonds is 34. The van der Waals surface area contributed by atoms with E-state index < -0.39 is 0 Å². The van der Waals surface area contributed by atoms with Gasteiger partial charge in [0.1, 0.15) is 0 Å². The van der Waals surface area contributed by atoms with Gasteiger partial charge in [0.2, 0.25) is 0 Å². The van der Waals surface area contributed by atoms with Crippen molar-refractivity contribution in [3.05, 3.63) is 35.4 Å². The van der Waals surface area contributed by atoms with Crippen LogP contribution in [0.4, 0.5) is 0 Å². The molecule has 0 aliphatic rings. The third kappa shape index (κ3) is 39.3. The molecule has 0 heterocycles. The Hall–Kier alpha value is -0.820. The summed E-state index contributed by atoms with van der Waals surface area (Å²) in [4.78, 5) is 0. The van der Waals surface area contributed by atoms with Gasteiger partial charge in [0.15, 0.2) is 0 Å². The molecule has 0 fully saturated rings. The Kier molecular flexibility index (Phi) is 38.6. The second kappa shape index (κ2) is 39.4. The fourth-order valence-corrected chi connectivity index (χ4v) is 6.53. The van der Waals surface area contributed by atoms with Crippen molar-refractivity contribution in [3.63, 3.8) is 0 Å². The first kappa shape index (κ1) is 44.2. The monoisotopic (exact) mass is 628 g/mol. The molecule has 0 aliphatic heterocycles. The lowest BCUT2D eigenvalue weighted by molar-refractivity contribution is 0.515. The summed E-state index contributed by atoms with van der Waals surface area (Å²) in [6, 6.07) is 8.45. The SMILES string of the molecule is CCCCCCCCCCCCCCCCCCNCCCCCCCCCCCCCCCCCC.Cc1cccc(C)c1. The summed E-state index contributed by atoms with van der Waals surface area (Å²) in [6.07, 6.45) is 46.7. The Morgan fingerprint density at radius 3 is 0.756 bits per heavy atom. The average molecular weight is 628 g/mol. The quantitative estimate of drug-likeness (QED) is 0.0750. The molecule has 45 heavy (non-hydrogen) atoms. The van der Waals surface area contributed by atoms with Crippen molar-refractivity contribution in [2.45, 2.75) is 233 Å². The highest BCUT2D eigenvalue weighted by molar-refractivity contribution is 5.20. The van der Waals surface area contributed by atoms with Gasteiger partial charge in [-0.1, -0.05) is 242 Å². The Morgan fingerprint density at radius 1 is 0.333 bits per heavy atom. The zero-order valence-electron chi connectivity index (χ0n) is 31.9. The molecule has 1 rings (SSSR count). The highest BCUT2D eigenvalue weighted by Crippen LogP contribution is 2.15. The van der Waals surface area contributed by atoms with Crippen LogP contribution in [0.25, 0.3) is 0 Å². The molecule has 1 heteroatoms. The van der Waals surface area contributed by atoms with Crippen LogP contribution in [0.5, 0.6) is 0 Å². The maximum absolute atomic E-state index is 3.68. The average Bonchev–Trinajstić information content (AvgIpc) is 3.03. The Bertz CT molecular complexity index is 601. The predicted octanol–water partition coefficient (Wildman–Crippen LogP) is 15.4. The van der Waals surface area contributed by atoms with E-state index in [1.54, 1.807) is 0 Å². The zero-order chi connectivity index (χ0) is 32.7. The van der Waals surface area contributed by atoms with Crippen LogP contribution >= 0.6 is 0 Å². The van der Waals surface area contributed by atoms with Crippen LogP contribution in [0.1, 0.15) is 230 Å². The van der Waals surface area contributed by atoms with Crippen molar-refractivity contribution in [1.29, 1.82) is 0 Å². The smallest absolute Gasteiger partial charge is 0.00489 e. The number of unbranched alkanes of at least 4 members (excludes halogenated alkanes) is 30. The van der Waals surface area contributed by atoms with Crippen molar-refractivity contribution in [2.24, 2.45) is 0 Å². The molecule has 1 N–H and O–H groups in total. The van der Waals surface area contributed by atoms with Gasteiger partial charge in [-0.15, -0.1) is 0 Å². The summed E-state index contributed by atoms with van der Waals surface area (Å²) in [5.41, 5.74) is 2.68. The summed E-state index contributed by atoms with van der Waals surface area (Å²) in [5.74, 6) is 0. The molecule has 266 valence electrons. The molecule has 0 aromatic heterocycles. The summed E-state index contributed by atoms with van der Waals surface area (Å²) >= 11 is 0. The van der Waals surface area contributed by atoms with E-state index in [4.69, 9.17) is 0 Å². The fourth-order valence-electron chi connectivity index (χ4n) is 6.53. The zero-order valence-corrected chi connectivity index (χ0v) is 31.9. The molecule has 0 saturated carbocycles. The molecule has 0 atom stereocenters. The summed E-state index contributed by atoms with van der Waals surface area (Å²) in [7, 11) is 0. The van der Waals surface area contributed by atoms with E-state index in [1.165, 1.54) is 230 Å². The van der Waals surface area contributed by atoms with Crippen LogP contribution in [-0.4, -0.2) is 13.1 Å². The molecule has 1 nitrogen and oxygen atoms in total. The van der Waals surface area contributed by atoms with Gasteiger partial charge in [0.25, 0.3) is 0 Å². The topological polar surface area (TPSA) is 12.0 Å². The fraction of sp³-hybridized carbons (Fsp3) is 0.864. The molecule has 0 saturated heterocycles. The molecule has 0 unspecified atom stereocenters. The number of nitrogens with one attached hydrogen (secondary N) is 1. The molecular formula is C44H85N. The van der Waals surface area contributed by atoms with Gasteiger partial charge in [0.05, 0.1) is 0 Å². The largest absolute Gasteiger partial charge is 0.317 e. The maximum Gasteiger partial charge on any atom is -0.00489 e. The van der Waals surface area contributed by atoms with E-state index in [9.17, 15) is 0 Å². The molecule has 0 aliphatic carbocycles. The van der Waals surface area contributed by atoms with E-state index in [0.29, 0.717) is 0 Å². The number of hydrogen-bond donors (Lipinski definition) is 1. The summed E-state index contributed by atoms with van der Waals surface area (Å²) < 4.78 is 0. The molecule has 0 spiro atoms. The lowest BCUT2D eigenvalue weighted by Gasteiger charge is -2.06. The van der Waals surface area contributed by atoms with Crippen LogP contribution in [0.3, 0.4) is 0 Å². The minimum atomic E-state index is 1.25. The van der Waals surface area contributed by atoms with E-state index in [-0.39, 0.29) is 0 Å². The molecule has 0 radical (unpaired) electrons. The van der Waals surface area contributed by atoms with Gasteiger partial charge in [0, 0.05) is 0 Å². The number of aryl methyl sites for hydroxylation is 2. The van der Waals surface area contributed by atoms with Gasteiger partial charge in [-0.05, 0) is 39.8 Å². The molecule has 0 amide bonds. The second-order valence-electron chi connectivity index (χ2n) is 14.5. The van der Waals surface area contributed by atoms with Crippen molar-refractivity contribution in [2.75, 3.05) is 13.1 Å². The van der Waals surface area contributed by atoms with Crippen LogP contribution in [0.2, 0.25) is 0 Å². The summed E-state index contributed by atoms with van der Waals surface area (Å²) in [5, 5.41) is 3.68. The van der Waals surface area contributed by atoms with E-state index in [1.807, 2.05) is 0 Å². The van der Waals surface area contributed by atoms with Gasteiger partial charge < -0.3 is 5.32 Å². The standard InChI is InChI=1S/C36H75N.C8H10/c1-3-5-7-9-11-13-15-17-19-21-23-25-27-29-31-33-35-37-36-34-32-30-28-26-24-22-20-18-16-14-12-10-8-6-4-2;1-7-4-3-5-8(2)6-7/h37H,3-36H2,1-2H3;3-6H,1-2H3. The van der Waals surface area contributed by atoms with Crippen LogP contribution in [-0.2, 0) is 0 Å². The Balaban J connectivity index is 0.00000208. The van der Waals surface area contributed by atoms with Gasteiger partial charge in [-0.3, -0.25) is 0 Å². The van der Waals surface area contributed by atoms with Crippen molar-refractivity contribution < 1.29 is 0 Å². The molecule has 0 bridgehead atoms. The first-order valence-corrected chi connectivity index (χ1v) is 20.9. The van der Waals surface area contributed by atoms with Gasteiger partial charge in [-0.2, -0.15) is 0 Å². The molecule has 1 aromatic carbocycles. The molecular weight excluding hydrogens is 542 g/mol. The lowest BCUT2D eigenvalue weighted by atomic mass is 10.0. The Labute approximate surface area is 286 Å². The maximum atomic E-state index is 3.68. The van der Waals surface area contributed by atoms with Crippen LogP contribution in [0.15, 0.2) is 24.3 Å². The van der Waals surface area contributed by atoms with Gasteiger partial charge in [-0.25, -0.2) is 0 Å². The second-order valence-corrected chi connectivity index (χ2v) is 14.5. The Morgan fingerprint density at radius 2 is 0.556 bits per heavy atom. The van der Waals surface area contributed by atoms with E-state index in [0.717, 1.165) is 0 Å². The first-order valence-electron chi connectivity index (χ1n) is 20.9. The third-order valence-electron chi connectivity index (χ3n) is 9.59. The van der Waals surface area contributed by atoms with Crippen LogP contribution in [0, 0.1) is 13.8 Å². The van der Waals surface area contributed by atoms with E-state index >= 15 is 0 Å².